The van der Waals surface area contributed by atoms with Gasteiger partial charge >= 0.3 is 0 Å². The average molecular weight is 503 g/mol. The van der Waals surface area contributed by atoms with E-state index in [1.54, 1.807) is 6.20 Å². The Balaban J connectivity index is 1.18. The second-order valence-electron chi connectivity index (χ2n) is 9.48. The molecule has 1 atom stereocenters. The van der Waals surface area contributed by atoms with Crippen LogP contribution in [0.3, 0.4) is 0 Å². The minimum absolute atomic E-state index is 0.0701. The molecule has 1 fully saturated rings. The Morgan fingerprint density at radius 3 is 2.71 bits per heavy atom. The quantitative estimate of drug-likeness (QED) is 0.375. The van der Waals surface area contributed by atoms with Gasteiger partial charge in [-0.05, 0) is 60.1 Å². The average Bonchev–Trinajstić information content (AvgIpc) is 3.55. The molecule has 5 aromatic heterocycles. The van der Waals surface area contributed by atoms with Gasteiger partial charge in [0.25, 0.3) is 0 Å². The molecule has 1 aliphatic heterocycles. The molecule has 5 aromatic rings. The molecule has 1 aliphatic carbocycles. The standard InChI is InChI=1S/C25H23ClN8S/c26-20-17(4-8-30-22(20)28)35-18-1-2-19-32-23(16-13-31-24(18)34(16)19)33-9-5-25(6-10-33)11-14-12-29-7-3-15(14)21(25)27/h1-4,7-8,12-13,21H,5-6,9-11,27H2,(H2,28,30). The van der Waals surface area contributed by atoms with Crippen molar-refractivity contribution in [2.24, 2.45) is 11.1 Å². The van der Waals surface area contributed by atoms with Gasteiger partial charge < -0.3 is 16.4 Å². The van der Waals surface area contributed by atoms with Gasteiger partial charge in [0.2, 0.25) is 0 Å². The van der Waals surface area contributed by atoms with Gasteiger partial charge in [0.15, 0.2) is 11.5 Å². The van der Waals surface area contributed by atoms with E-state index >= 15 is 0 Å². The van der Waals surface area contributed by atoms with Crippen LogP contribution in [0.4, 0.5) is 11.6 Å². The van der Waals surface area contributed by atoms with Crippen LogP contribution in [-0.4, -0.2) is 37.4 Å². The highest BCUT2D eigenvalue weighted by molar-refractivity contribution is 7.99. The number of pyridine rings is 3. The molecular formula is C25H23ClN8S. The van der Waals surface area contributed by atoms with Crippen LogP contribution in [-0.2, 0) is 6.42 Å². The molecule has 8 nitrogen and oxygen atoms in total. The number of nitrogens with zero attached hydrogens (tertiary/aromatic N) is 6. The Hall–Kier alpha value is -3.14. The van der Waals surface area contributed by atoms with Crippen LogP contribution in [0, 0.1) is 5.41 Å². The fraction of sp³-hybridized carbons (Fsp3) is 0.280. The molecular weight excluding hydrogens is 480 g/mol. The minimum Gasteiger partial charge on any atom is -0.382 e. The van der Waals surface area contributed by atoms with Crippen molar-refractivity contribution >= 4 is 51.8 Å². The zero-order valence-electron chi connectivity index (χ0n) is 18.9. The molecule has 1 saturated heterocycles. The van der Waals surface area contributed by atoms with Crippen LogP contribution in [0.5, 0.6) is 0 Å². The lowest BCUT2D eigenvalue weighted by molar-refractivity contribution is 0.187. The fourth-order valence-corrected chi connectivity index (χ4v) is 6.94. The van der Waals surface area contributed by atoms with Crippen LogP contribution >= 0.6 is 23.4 Å². The Morgan fingerprint density at radius 1 is 1.03 bits per heavy atom. The van der Waals surface area contributed by atoms with Crippen molar-refractivity contribution in [2.45, 2.75) is 35.1 Å². The van der Waals surface area contributed by atoms with Crippen molar-refractivity contribution in [3.63, 3.8) is 0 Å². The number of rotatable bonds is 3. The maximum atomic E-state index is 6.76. The van der Waals surface area contributed by atoms with E-state index in [0.717, 1.165) is 64.8 Å². The number of piperidine rings is 1. The van der Waals surface area contributed by atoms with Crippen molar-refractivity contribution in [1.29, 1.82) is 0 Å². The molecule has 1 unspecified atom stereocenters. The van der Waals surface area contributed by atoms with Gasteiger partial charge in [0.05, 0.1) is 16.1 Å². The topological polar surface area (TPSA) is 111 Å². The predicted octanol–water partition coefficient (Wildman–Crippen LogP) is 4.34. The van der Waals surface area contributed by atoms with Gasteiger partial charge in [-0.2, -0.15) is 0 Å². The molecule has 10 heteroatoms. The molecule has 0 bridgehead atoms. The maximum Gasteiger partial charge on any atom is 0.157 e. The first-order chi connectivity index (χ1) is 17.0. The summed E-state index contributed by atoms with van der Waals surface area (Å²) in [5.41, 5.74) is 18.1. The molecule has 0 amide bonds. The largest absolute Gasteiger partial charge is 0.382 e. The lowest BCUT2D eigenvalue weighted by Gasteiger charge is -2.42. The molecule has 2 aliphatic rings. The van der Waals surface area contributed by atoms with Crippen molar-refractivity contribution < 1.29 is 0 Å². The second kappa shape index (κ2) is 7.68. The van der Waals surface area contributed by atoms with Gasteiger partial charge in [0, 0.05) is 42.6 Å². The highest BCUT2D eigenvalue weighted by Crippen LogP contribution is 2.51. The van der Waals surface area contributed by atoms with E-state index in [2.05, 4.69) is 25.3 Å². The van der Waals surface area contributed by atoms with Gasteiger partial charge in [0.1, 0.15) is 17.0 Å². The van der Waals surface area contributed by atoms with Gasteiger partial charge in [-0.15, -0.1) is 0 Å². The third kappa shape index (κ3) is 3.11. The Labute approximate surface area is 211 Å². The Morgan fingerprint density at radius 2 is 1.89 bits per heavy atom. The van der Waals surface area contributed by atoms with E-state index in [1.165, 1.54) is 22.9 Å². The monoisotopic (exact) mass is 502 g/mol. The molecule has 0 radical (unpaired) electrons. The SMILES string of the molecule is Nc1nccc(Sc2ccc3nc(N4CCC5(CC4)Cc4cnccc4C5N)c4cnc2n34)c1Cl. The number of fused-ring (bicyclic) bond motifs is 1. The van der Waals surface area contributed by atoms with E-state index < -0.39 is 0 Å². The molecule has 0 aromatic carbocycles. The van der Waals surface area contributed by atoms with E-state index in [0.29, 0.717) is 10.8 Å². The first-order valence-corrected chi connectivity index (χ1v) is 12.8. The van der Waals surface area contributed by atoms with Crippen LogP contribution in [0.1, 0.15) is 30.0 Å². The third-order valence-corrected chi connectivity index (χ3v) is 9.29. The lowest BCUT2D eigenvalue weighted by atomic mass is 9.73. The summed E-state index contributed by atoms with van der Waals surface area (Å²) in [6, 6.07) is 8.10. The molecule has 4 N–H and O–H groups in total. The Kier molecular flexibility index (Phi) is 4.64. The number of anilines is 2. The van der Waals surface area contributed by atoms with Crippen LogP contribution in [0.2, 0.25) is 5.02 Å². The number of imidazole rings is 2. The van der Waals surface area contributed by atoms with Crippen molar-refractivity contribution in [2.75, 3.05) is 23.7 Å². The number of hydrogen-bond acceptors (Lipinski definition) is 8. The molecule has 7 rings (SSSR count). The van der Waals surface area contributed by atoms with Crippen LogP contribution < -0.4 is 16.4 Å². The van der Waals surface area contributed by atoms with Crippen molar-refractivity contribution in [3.8, 4) is 0 Å². The van der Waals surface area contributed by atoms with Gasteiger partial charge in [-0.25, -0.2) is 15.0 Å². The van der Waals surface area contributed by atoms with E-state index in [1.807, 2.05) is 36.8 Å². The summed E-state index contributed by atoms with van der Waals surface area (Å²) < 4.78 is 2.13. The molecule has 1 spiro atoms. The summed E-state index contributed by atoms with van der Waals surface area (Å²) in [7, 11) is 0. The summed E-state index contributed by atoms with van der Waals surface area (Å²) in [4.78, 5) is 22.3. The zero-order chi connectivity index (χ0) is 23.7. The van der Waals surface area contributed by atoms with E-state index in [-0.39, 0.29) is 11.5 Å². The van der Waals surface area contributed by atoms with Crippen LogP contribution in [0.25, 0.3) is 16.8 Å². The van der Waals surface area contributed by atoms with Crippen molar-refractivity contribution in [1.82, 2.24) is 24.3 Å². The first kappa shape index (κ1) is 21.2. The first-order valence-electron chi connectivity index (χ1n) is 11.6. The summed E-state index contributed by atoms with van der Waals surface area (Å²) in [6.07, 6.45) is 10.5. The normalized spacial score (nSPS) is 19.3. The van der Waals surface area contributed by atoms with Crippen molar-refractivity contribution in [3.05, 3.63) is 65.2 Å². The zero-order valence-corrected chi connectivity index (χ0v) is 20.4. The minimum atomic E-state index is 0.0701. The highest BCUT2D eigenvalue weighted by atomic mass is 35.5. The number of hydrogen-bond donors (Lipinski definition) is 2. The van der Waals surface area contributed by atoms with E-state index in [9.17, 15) is 0 Å². The van der Waals surface area contributed by atoms with Gasteiger partial charge in [-0.3, -0.25) is 9.38 Å². The third-order valence-electron chi connectivity index (χ3n) is 7.68. The number of nitrogen functional groups attached to an aromatic ring is 1. The fourth-order valence-electron chi connectivity index (χ4n) is 5.78. The number of aromatic nitrogens is 5. The summed E-state index contributed by atoms with van der Waals surface area (Å²) in [5.74, 6) is 1.31. The van der Waals surface area contributed by atoms with E-state index in [4.69, 9.17) is 33.0 Å². The molecule has 0 saturated carbocycles. The summed E-state index contributed by atoms with van der Waals surface area (Å²) in [6.45, 7) is 1.84. The maximum absolute atomic E-state index is 6.76. The Bertz CT molecular complexity index is 1580. The molecule has 35 heavy (non-hydrogen) atoms. The highest BCUT2D eigenvalue weighted by Gasteiger charge is 2.46. The molecule has 6 heterocycles. The number of halogens is 1. The number of nitrogens with two attached hydrogens (primary N) is 2. The lowest BCUT2D eigenvalue weighted by Crippen LogP contribution is -2.44. The summed E-state index contributed by atoms with van der Waals surface area (Å²) >= 11 is 7.91. The smallest absolute Gasteiger partial charge is 0.157 e. The second-order valence-corrected chi connectivity index (χ2v) is 10.9. The summed E-state index contributed by atoms with van der Waals surface area (Å²) in [5, 5.41) is 0.462. The predicted molar refractivity (Wildman–Crippen MR) is 138 cm³/mol. The van der Waals surface area contributed by atoms with Crippen LogP contribution in [0.15, 0.2) is 58.8 Å². The molecule has 176 valence electrons. The van der Waals surface area contributed by atoms with Gasteiger partial charge in [-0.1, -0.05) is 23.4 Å².